The van der Waals surface area contributed by atoms with E-state index >= 15 is 0 Å². The SMILES string of the molecule is C=C1SC(SCSC#N)=NC1(C)CC. The number of hydrogen-bond acceptors (Lipinski definition) is 5. The summed E-state index contributed by atoms with van der Waals surface area (Å²) in [6.07, 6.45) is 0.980. The summed E-state index contributed by atoms with van der Waals surface area (Å²) in [6.45, 7) is 8.24. The van der Waals surface area contributed by atoms with Crippen molar-refractivity contribution in [3.63, 3.8) is 0 Å². The highest BCUT2D eigenvalue weighted by Crippen LogP contribution is 2.43. The Kier molecular flexibility index (Phi) is 4.42. The van der Waals surface area contributed by atoms with E-state index in [1.165, 1.54) is 11.8 Å². The summed E-state index contributed by atoms with van der Waals surface area (Å²) in [6, 6.07) is 0. The van der Waals surface area contributed by atoms with Crippen LogP contribution in [0.2, 0.25) is 0 Å². The predicted molar refractivity (Wildman–Crippen MR) is 68.5 cm³/mol. The fraction of sp³-hybridized carbons (Fsp3) is 0.556. The van der Waals surface area contributed by atoms with Crippen LogP contribution in [0.3, 0.4) is 0 Å². The summed E-state index contributed by atoms with van der Waals surface area (Å²) in [7, 11) is 0. The Morgan fingerprint density at radius 3 is 2.93 bits per heavy atom. The Morgan fingerprint density at radius 2 is 2.43 bits per heavy atom. The van der Waals surface area contributed by atoms with Crippen molar-refractivity contribution < 1.29 is 0 Å². The standard InChI is InChI=1S/C9H12N2S3/c1-4-9(3)7(2)14-8(11-9)13-6-12-5-10/h2,4,6H2,1,3H3. The van der Waals surface area contributed by atoms with E-state index in [1.54, 1.807) is 23.5 Å². The normalized spacial score (nSPS) is 26.1. The van der Waals surface area contributed by atoms with Gasteiger partial charge in [-0.05, 0) is 25.1 Å². The molecular weight excluding hydrogens is 232 g/mol. The van der Waals surface area contributed by atoms with Gasteiger partial charge in [-0.25, -0.2) is 0 Å². The Bertz CT molecular complexity index is 306. The van der Waals surface area contributed by atoms with E-state index < -0.39 is 0 Å². The number of hydrogen-bond donors (Lipinski definition) is 0. The molecule has 1 heterocycles. The molecule has 0 saturated carbocycles. The first kappa shape index (κ1) is 12.0. The second-order valence-electron chi connectivity index (χ2n) is 3.03. The van der Waals surface area contributed by atoms with Crippen LogP contribution >= 0.6 is 35.3 Å². The van der Waals surface area contributed by atoms with Gasteiger partial charge < -0.3 is 0 Å². The van der Waals surface area contributed by atoms with Gasteiger partial charge >= 0.3 is 0 Å². The molecule has 0 saturated heterocycles. The van der Waals surface area contributed by atoms with Gasteiger partial charge in [0.15, 0.2) is 0 Å². The topological polar surface area (TPSA) is 36.1 Å². The maximum absolute atomic E-state index is 8.38. The van der Waals surface area contributed by atoms with E-state index in [1.807, 2.05) is 5.40 Å². The molecule has 14 heavy (non-hydrogen) atoms. The van der Waals surface area contributed by atoms with E-state index in [0.717, 1.165) is 20.8 Å². The molecule has 1 rings (SSSR count). The molecule has 0 bridgehead atoms. The maximum atomic E-state index is 8.38. The summed E-state index contributed by atoms with van der Waals surface area (Å²) in [5.74, 6) is 0. The number of nitrogens with zero attached hydrogens (tertiary/aromatic N) is 2. The van der Waals surface area contributed by atoms with Crippen molar-refractivity contribution in [2.75, 3.05) is 5.08 Å². The minimum atomic E-state index is -0.0929. The van der Waals surface area contributed by atoms with Gasteiger partial charge in [0.1, 0.15) is 9.78 Å². The van der Waals surface area contributed by atoms with Gasteiger partial charge in [0.05, 0.1) is 10.6 Å². The van der Waals surface area contributed by atoms with Crippen molar-refractivity contribution in [3.05, 3.63) is 11.5 Å². The molecule has 1 aliphatic heterocycles. The quantitative estimate of drug-likeness (QED) is 0.431. The highest BCUT2D eigenvalue weighted by Gasteiger charge is 2.32. The number of thioether (sulfide) groups is 3. The lowest BCUT2D eigenvalue weighted by Gasteiger charge is -2.17. The fourth-order valence-corrected chi connectivity index (χ4v) is 3.90. The summed E-state index contributed by atoms with van der Waals surface area (Å²) >= 11 is 4.51. The van der Waals surface area contributed by atoms with Gasteiger partial charge in [-0.1, -0.05) is 37.0 Å². The lowest BCUT2D eigenvalue weighted by Crippen LogP contribution is -2.17. The van der Waals surface area contributed by atoms with Crippen LogP contribution in [0, 0.1) is 10.7 Å². The molecule has 1 atom stereocenters. The molecule has 0 fully saturated rings. The Labute approximate surface area is 97.6 Å². The Hall–Kier alpha value is -0.0500. The monoisotopic (exact) mass is 244 g/mol. The van der Waals surface area contributed by atoms with Gasteiger partial charge in [0, 0.05) is 4.91 Å². The first-order chi connectivity index (χ1) is 6.62. The summed E-state index contributed by atoms with van der Waals surface area (Å²) in [4.78, 5) is 5.73. The van der Waals surface area contributed by atoms with E-state index in [-0.39, 0.29) is 5.54 Å². The van der Waals surface area contributed by atoms with Gasteiger partial charge in [-0.15, -0.1) is 0 Å². The number of nitriles is 1. The molecular formula is C9H12N2S3. The minimum absolute atomic E-state index is 0.0929. The van der Waals surface area contributed by atoms with Gasteiger partial charge in [-0.2, -0.15) is 5.26 Å². The van der Waals surface area contributed by atoms with Crippen LogP contribution in [0.4, 0.5) is 0 Å². The van der Waals surface area contributed by atoms with Crippen LogP contribution in [-0.2, 0) is 0 Å². The van der Waals surface area contributed by atoms with Gasteiger partial charge in [0.2, 0.25) is 0 Å². The van der Waals surface area contributed by atoms with Crippen LogP contribution in [0.5, 0.6) is 0 Å². The fourth-order valence-electron chi connectivity index (χ4n) is 0.946. The molecule has 0 spiro atoms. The van der Waals surface area contributed by atoms with Crippen molar-refractivity contribution in [1.29, 1.82) is 5.26 Å². The van der Waals surface area contributed by atoms with Crippen molar-refractivity contribution >= 4 is 39.7 Å². The summed E-state index contributed by atoms with van der Waals surface area (Å²) in [5, 5.41) is 11.2. The van der Waals surface area contributed by atoms with Crippen LogP contribution in [0.15, 0.2) is 16.5 Å². The Morgan fingerprint density at radius 1 is 1.71 bits per heavy atom. The second-order valence-corrected chi connectivity index (χ2v) is 6.46. The predicted octanol–water partition coefficient (Wildman–Crippen LogP) is 3.68. The first-order valence-electron chi connectivity index (χ1n) is 4.23. The van der Waals surface area contributed by atoms with Crippen molar-refractivity contribution in [2.24, 2.45) is 4.99 Å². The molecule has 5 heteroatoms. The third kappa shape index (κ3) is 2.72. The first-order valence-corrected chi connectivity index (χ1v) is 7.02. The molecule has 0 aromatic rings. The molecule has 1 unspecified atom stereocenters. The van der Waals surface area contributed by atoms with Gasteiger partial charge in [0.25, 0.3) is 0 Å². The lowest BCUT2D eigenvalue weighted by molar-refractivity contribution is 0.568. The van der Waals surface area contributed by atoms with E-state index in [0.29, 0.717) is 0 Å². The lowest BCUT2D eigenvalue weighted by atomic mass is 10.0. The number of aliphatic imine (C=N–C) groups is 1. The maximum Gasteiger partial charge on any atom is 0.134 e. The van der Waals surface area contributed by atoms with Crippen molar-refractivity contribution in [1.82, 2.24) is 0 Å². The second kappa shape index (κ2) is 5.15. The highest BCUT2D eigenvalue weighted by atomic mass is 32.2. The average molecular weight is 244 g/mol. The van der Waals surface area contributed by atoms with E-state index in [4.69, 9.17) is 5.26 Å². The summed E-state index contributed by atoms with van der Waals surface area (Å²) < 4.78 is 1.04. The largest absolute Gasteiger partial charge is 0.260 e. The number of rotatable bonds is 3. The third-order valence-electron chi connectivity index (χ3n) is 2.14. The van der Waals surface area contributed by atoms with Crippen LogP contribution < -0.4 is 0 Å². The Balaban J connectivity index is 2.54. The molecule has 1 aliphatic rings. The zero-order valence-electron chi connectivity index (χ0n) is 8.24. The summed E-state index contributed by atoms with van der Waals surface area (Å²) in [5.41, 5.74) is -0.0929. The zero-order chi connectivity index (χ0) is 10.6. The van der Waals surface area contributed by atoms with Crippen molar-refractivity contribution in [3.8, 4) is 5.40 Å². The molecule has 0 aromatic heterocycles. The van der Waals surface area contributed by atoms with Crippen molar-refractivity contribution in [2.45, 2.75) is 25.8 Å². The highest BCUT2D eigenvalue weighted by molar-refractivity contribution is 8.43. The minimum Gasteiger partial charge on any atom is -0.260 e. The molecule has 0 aliphatic carbocycles. The van der Waals surface area contributed by atoms with E-state index in [9.17, 15) is 0 Å². The molecule has 0 aromatic carbocycles. The van der Waals surface area contributed by atoms with Crippen LogP contribution in [0.1, 0.15) is 20.3 Å². The van der Waals surface area contributed by atoms with Gasteiger partial charge in [-0.3, -0.25) is 4.99 Å². The molecule has 0 amide bonds. The third-order valence-corrected chi connectivity index (χ3v) is 5.11. The average Bonchev–Trinajstić information content (AvgIpc) is 2.44. The van der Waals surface area contributed by atoms with Crippen LogP contribution in [-0.4, -0.2) is 15.0 Å². The molecule has 0 radical (unpaired) electrons. The smallest absolute Gasteiger partial charge is 0.134 e. The molecule has 2 nitrogen and oxygen atoms in total. The molecule has 0 N–H and O–H groups in total. The van der Waals surface area contributed by atoms with Crippen LogP contribution in [0.25, 0.3) is 0 Å². The zero-order valence-corrected chi connectivity index (χ0v) is 10.7. The van der Waals surface area contributed by atoms with E-state index in [2.05, 4.69) is 25.4 Å². The number of thiocyanates is 1. The molecule has 76 valence electrons.